The molecule has 21 heavy (non-hydrogen) atoms. The van der Waals surface area contributed by atoms with E-state index in [0.29, 0.717) is 11.3 Å². The Labute approximate surface area is 141 Å². The first-order valence-corrected chi connectivity index (χ1v) is 6.12. The van der Waals surface area contributed by atoms with E-state index in [0.717, 1.165) is 0 Å². The number of benzene rings is 1. The molecule has 0 saturated heterocycles. The van der Waals surface area contributed by atoms with Crippen LogP contribution >= 0.6 is 24.0 Å². The molecule has 0 heterocycles. The highest BCUT2D eigenvalue weighted by atomic mass is 127. The van der Waals surface area contributed by atoms with Gasteiger partial charge in [0.2, 0.25) is 0 Å². The second-order valence-electron chi connectivity index (χ2n) is 5.33. The van der Waals surface area contributed by atoms with Gasteiger partial charge in [0.05, 0.1) is 18.6 Å². The second-order valence-corrected chi connectivity index (χ2v) is 5.33. The number of ether oxygens (including phenoxy) is 1. The lowest BCUT2D eigenvalue weighted by molar-refractivity contribution is -0.384. The van der Waals surface area contributed by atoms with Crippen LogP contribution < -0.4 is 15.8 Å². The number of guanidine groups is 1. The van der Waals surface area contributed by atoms with Gasteiger partial charge in [-0.15, -0.1) is 24.0 Å². The molecule has 1 rings (SSSR count). The van der Waals surface area contributed by atoms with Crippen molar-refractivity contribution in [3.05, 3.63) is 33.9 Å². The monoisotopic (exact) mass is 408 g/mol. The molecule has 1 aromatic carbocycles. The molecule has 0 radical (unpaired) electrons. The lowest BCUT2D eigenvalue weighted by Crippen LogP contribution is -2.44. The molecule has 1 aromatic rings. The summed E-state index contributed by atoms with van der Waals surface area (Å²) in [6.07, 6.45) is 0. The fourth-order valence-corrected chi connectivity index (χ4v) is 1.60. The number of nitro groups is 1. The maximum Gasteiger partial charge on any atom is 0.270 e. The van der Waals surface area contributed by atoms with Crippen molar-refractivity contribution in [1.29, 1.82) is 0 Å². The van der Waals surface area contributed by atoms with E-state index in [1.54, 1.807) is 6.07 Å². The number of nitrogens with zero attached hydrogens (tertiary/aromatic N) is 2. The molecule has 0 aromatic heterocycles. The van der Waals surface area contributed by atoms with Crippen molar-refractivity contribution in [1.82, 2.24) is 5.32 Å². The Bertz CT molecular complexity index is 527. The Kier molecular flexibility index (Phi) is 7.41. The van der Waals surface area contributed by atoms with Crippen molar-refractivity contribution < 1.29 is 9.66 Å². The number of aliphatic imine (C=N–C) groups is 1. The van der Waals surface area contributed by atoms with Crippen molar-refractivity contribution in [2.24, 2.45) is 10.7 Å². The van der Waals surface area contributed by atoms with Gasteiger partial charge >= 0.3 is 0 Å². The summed E-state index contributed by atoms with van der Waals surface area (Å²) in [5, 5.41) is 13.8. The number of non-ortho nitro benzene ring substituents is 1. The van der Waals surface area contributed by atoms with Crippen molar-refractivity contribution in [2.75, 3.05) is 7.11 Å². The number of nitrogens with two attached hydrogens (primary N) is 1. The predicted molar refractivity (Wildman–Crippen MR) is 93.3 cm³/mol. The maximum absolute atomic E-state index is 10.8. The van der Waals surface area contributed by atoms with Gasteiger partial charge in [-0.05, 0) is 26.8 Å². The van der Waals surface area contributed by atoms with Crippen LogP contribution in [0.5, 0.6) is 5.75 Å². The molecule has 0 fully saturated rings. The van der Waals surface area contributed by atoms with Gasteiger partial charge in [0, 0.05) is 23.2 Å². The molecule has 0 atom stereocenters. The molecule has 3 N–H and O–H groups in total. The summed E-state index contributed by atoms with van der Waals surface area (Å²) in [7, 11) is 1.51. The zero-order valence-corrected chi connectivity index (χ0v) is 14.9. The Balaban J connectivity index is 0.00000400. The number of hydrogen-bond acceptors (Lipinski definition) is 4. The minimum atomic E-state index is -0.455. The van der Waals surface area contributed by atoms with E-state index in [1.807, 2.05) is 20.8 Å². The molecule has 0 bridgehead atoms. The van der Waals surface area contributed by atoms with E-state index >= 15 is 0 Å². The van der Waals surface area contributed by atoms with Crippen LogP contribution in [-0.4, -0.2) is 23.5 Å². The van der Waals surface area contributed by atoms with E-state index in [1.165, 1.54) is 19.2 Å². The summed E-state index contributed by atoms with van der Waals surface area (Å²) in [6.45, 7) is 6.09. The number of halogens is 1. The third kappa shape index (κ3) is 6.61. The molecule has 0 aliphatic carbocycles. The summed E-state index contributed by atoms with van der Waals surface area (Å²) in [5.41, 5.74) is 6.18. The van der Waals surface area contributed by atoms with Crippen molar-refractivity contribution in [3.63, 3.8) is 0 Å². The summed E-state index contributed by atoms with van der Waals surface area (Å²) >= 11 is 0. The Morgan fingerprint density at radius 1 is 1.48 bits per heavy atom. The molecule has 8 heteroatoms. The summed E-state index contributed by atoms with van der Waals surface area (Å²) in [5.74, 6) is 0.828. The third-order valence-electron chi connectivity index (χ3n) is 2.40. The third-order valence-corrected chi connectivity index (χ3v) is 2.40. The fourth-order valence-electron chi connectivity index (χ4n) is 1.60. The first kappa shape index (κ1) is 19.4. The van der Waals surface area contributed by atoms with E-state index in [-0.39, 0.29) is 47.7 Å². The SMILES string of the molecule is COc1ccc([N+](=O)[O-])cc1CN=C(N)NC(C)(C)C.I. The van der Waals surface area contributed by atoms with Crippen molar-refractivity contribution in [3.8, 4) is 5.75 Å². The van der Waals surface area contributed by atoms with Gasteiger partial charge in [-0.3, -0.25) is 10.1 Å². The van der Waals surface area contributed by atoms with Crippen LogP contribution in [0, 0.1) is 10.1 Å². The average Bonchev–Trinajstić information content (AvgIpc) is 2.33. The van der Waals surface area contributed by atoms with Gasteiger partial charge in [0.1, 0.15) is 5.75 Å². The first-order valence-electron chi connectivity index (χ1n) is 6.12. The first-order chi connectivity index (χ1) is 9.23. The molecule has 0 aliphatic rings. The molecule has 0 unspecified atom stereocenters. The minimum absolute atomic E-state index is 0. The Morgan fingerprint density at radius 2 is 2.10 bits per heavy atom. The number of methoxy groups -OCH3 is 1. The fraction of sp³-hybridized carbons (Fsp3) is 0.462. The van der Waals surface area contributed by atoms with Crippen LogP contribution in [0.15, 0.2) is 23.2 Å². The molecule has 0 amide bonds. The van der Waals surface area contributed by atoms with Crippen LogP contribution in [0.2, 0.25) is 0 Å². The highest BCUT2D eigenvalue weighted by Crippen LogP contribution is 2.24. The van der Waals surface area contributed by atoms with Gasteiger partial charge in [-0.2, -0.15) is 0 Å². The summed E-state index contributed by atoms with van der Waals surface area (Å²) in [4.78, 5) is 14.5. The Morgan fingerprint density at radius 3 is 2.57 bits per heavy atom. The van der Waals surface area contributed by atoms with Gasteiger partial charge < -0.3 is 15.8 Å². The molecule has 0 spiro atoms. The van der Waals surface area contributed by atoms with Gasteiger partial charge in [-0.1, -0.05) is 0 Å². The van der Waals surface area contributed by atoms with E-state index in [9.17, 15) is 10.1 Å². The van der Waals surface area contributed by atoms with E-state index in [4.69, 9.17) is 10.5 Å². The van der Waals surface area contributed by atoms with Crippen LogP contribution in [0.3, 0.4) is 0 Å². The molecule has 0 saturated carbocycles. The van der Waals surface area contributed by atoms with Gasteiger partial charge in [0.25, 0.3) is 5.69 Å². The molecule has 118 valence electrons. The highest BCUT2D eigenvalue weighted by Gasteiger charge is 2.12. The van der Waals surface area contributed by atoms with E-state index in [2.05, 4.69) is 10.3 Å². The normalized spacial score (nSPS) is 11.5. The van der Waals surface area contributed by atoms with E-state index < -0.39 is 4.92 Å². The number of rotatable bonds is 4. The van der Waals surface area contributed by atoms with Crippen LogP contribution in [-0.2, 0) is 6.54 Å². The van der Waals surface area contributed by atoms with Gasteiger partial charge in [0.15, 0.2) is 5.96 Å². The molecule has 7 nitrogen and oxygen atoms in total. The second kappa shape index (κ2) is 8.01. The standard InChI is InChI=1S/C13H20N4O3.HI/c1-13(2,3)16-12(14)15-8-9-7-10(17(18)19)5-6-11(9)20-4;/h5-7H,8H2,1-4H3,(H3,14,15,16);1H. The lowest BCUT2D eigenvalue weighted by atomic mass is 10.1. The minimum Gasteiger partial charge on any atom is -0.496 e. The molecule has 0 aliphatic heterocycles. The van der Waals surface area contributed by atoms with Crippen LogP contribution in [0.25, 0.3) is 0 Å². The molecular formula is C13H21IN4O3. The van der Waals surface area contributed by atoms with Crippen molar-refractivity contribution >= 4 is 35.6 Å². The average molecular weight is 408 g/mol. The van der Waals surface area contributed by atoms with Gasteiger partial charge in [-0.25, -0.2) is 4.99 Å². The quantitative estimate of drug-likeness (QED) is 0.262. The van der Waals surface area contributed by atoms with Crippen LogP contribution in [0.4, 0.5) is 5.69 Å². The predicted octanol–water partition coefficient (Wildman–Crippen LogP) is 2.42. The summed E-state index contributed by atoms with van der Waals surface area (Å²) in [6, 6.07) is 4.38. The Hall–Kier alpha value is -1.58. The highest BCUT2D eigenvalue weighted by molar-refractivity contribution is 14.0. The number of nitro benzene ring substituents is 1. The van der Waals surface area contributed by atoms with Crippen LogP contribution in [0.1, 0.15) is 26.3 Å². The smallest absolute Gasteiger partial charge is 0.270 e. The largest absolute Gasteiger partial charge is 0.496 e. The summed E-state index contributed by atoms with van der Waals surface area (Å²) < 4.78 is 5.16. The topological polar surface area (TPSA) is 103 Å². The maximum atomic E-state index is 10.8. The zero-order chi connectivity index (χ0) is 15.3. The number of nitrogens with one attached hydrogen (secondary N) is 1. The zero-order valence-electron chi connectivity index (χ0n) is 12.5. The molecular weight excluding hydrogens is 387 g/mol. The number of hydrogen-bond donors (Lipinski definition) is 2. The lowest BCUT2D eigenvalue weighted by Gasteiger charge is -2.21. The van der Waals surface area contributed by atoms with Crippen molar-refractivity contribution in [2.45, 2.75) is 32.9 Å².